The molecule has 0 aliphatic heterocycles. The number of carbonyl (C=O) groups is 2. The van der Waals surface area contributed by atoms with E-state index in [1.165, 1.54) is 6.21 Å². The van der Waals surface area contributed by atoms with Crippen molar-refractivity contribution >= 4 is 18.0 Å². The van der Waals surface area contributed by atoms with Gasteiger partial charge in [-0.3, -0.25) is 14.3 Å². The van der Waals surface area contributed by atoms with Gasteiger partial charge in [0, 0.05) is 23.4 Å². The number of aryl methyl sites for hydroxylation is 1. The largest absolute Gasteiger partial charge is 0.346 e. The average molecular weight is 403 g/mol. The SMILES string of the molecule is Cc1ccc(-c2nn(Cc3ccccc3)cc2/C=N\NC(=O)C(=O)NC(C)C)cc1. The number of benzene rings is 2. The normalized spacial score (nSPS) is 11.1. The fourth-order valence-electron chi connectivity index (χ4n) is 2.86. The predicted octanol–water partition coefficient (Wildman–Crippen LogP) is 2.88. The van der Waals surface area contributed by atoms with Crippen molar-refractivity contribution in [3.63, 3.8) is 0 Å². The van der Waals surface area contributed by atoms with Crippen molar-refractivity contribution in [1.29, 1.82) is 0 Å². The lowest BCUT2D eigenvalue weighted by atomic mass is 10.1. The summed E-state index contributed by atoms with van der Waals surface area (Å²) in [4.78, 5) is 23.6. The van der Waals surface area contributed by atoms with Gasteiger partial charge in [-0.25, -0.2) is 5.43 Å². The van der Waals surface area contributed by atoms with E-state index < -0.39 is 11.8 Å². The van der Waals surface area contributed by atoms with E-state index in [0.717, 1.165) is 27.9 Å². The van der Waals surface area contributed by atoms with Crippen molar-refractivity contribution in [3.05, 3.63) is 77.5 Å². The third-order valence-corrected chi connectivity index (χ3v) is 4.30. The smallest absolute Gasteiger partial charge is 0.329 e. The minimum Gasteiger partial charge on any atom is -0.346 e. The highest BCUT2D eigenvalue weighted by Gasteiger charge is 2.14. The van der Waals surface area contributed by atoms with Crippen molar-refractivity contribution in [3.8, 4) is 11.3 Å². The average Bonchev–Trinajstić information content (AvgIpc) is 3.11. The topological polar surface area (TPSA) is 88.4 Å². The van der Waals surface area contributed by atoms with Gasteiger partial charge in [0.25, 0.3) is 0 Å². The van der Waals surface area contributed by atoms with Crippen LogP contribution in [0.25, 0.3) is 11.3 Å². The van der Waals surface area contributed by atoms with Crippen LogP contribution in [-0.2, 0) is 16.1 Å². The molecule has 30 heavy (non-hydrogen) atoms. The zero-order valence-corrected chi connectivity index (χ0v) is 17.3. The van der Waals surface area contributed by atoms with Crippen LogP contribution in [0.2, 0.25) is 0 Å². The second kappa shape index (κ2) is 9.65. The molecule has 0 bridgehead atoms. The number of nitrogens with zero attached hydrogens (tertiary/aromatic N) is 3. The maximum Gasteiger partial charge on any atom is 0.329 e. The third kappa shape index (κ3) is 5.64. The zero-order chi connectivity index (χ0) is 21.5. The van der Waals surface area contributed by atoms with E-state index in [1.54, 1.807) is 13.8 Å². The quantitative estimate of drug-likeness (QED) is 0.377. The molecule has 0 radical (unpaired) electrons. The van der Waals surface area contributed by atoms with Crippen molar-refractivity contribution in [2.75, 3.05) is 0 Å². The Labute approximate surface area is 175 Å². The van der Waals surface area contributed by atoms with Gasteiger partial charge in [-0.2, -0.15) is 10.2 Å². The van der Waals surface area contributed by atoms with Gasteiger partial charge in [0.15, 0.2) is 0 Å². The Morgan fingerprint density at radius 1 is 1.07 bits per heavy atom. The van der Waals surface area contributed by atoms with Gasteiger partial charge in [-0.15, -0.1) is 0 Å². The first kappa shape index (κ1) is 21.0. The van der Waals surface area contributed by atoms with Crippen LogP contribution in [0.1, 0.15) is 30.5 Å². The first-order valence-corrected chi connectivity index (χ1v) is 9.74. The van der Waals surface area contributed by atoms with Crippen molar-refractivity contribution in [2.45, 2.75) is 33.4 Å². The lowest BCUT2D eigenvalue weighted by Crippen LogP contribution is -2.41. The van der Waals surface area contributed by atoms with E-state index in [4.69, 9.17) is 5.10 Å². The van der Waals surface area contributed by atoms with Crippen LogP contribution in [-0.4, -0.2) is 33.9 Å². The van der Waals surface area contributed by atoms with E-state index in [9.17, 15) is 9.59 Å². The molecule has 2 N–H and O–H groups in total. The number of aromatic nitrogens is 2. The fourth-order valence-corrected chi connectivity index (χ4v) is 2.86. The molecule has 0 unspecified atom stereocenters. The van der Waals surface area contributed by atoms with Gasteiger partial charge < -0.3 is 5.32 Å². The highest BCUT2D eigenvalue weighted by molar-refractivity contribution is 6.35. The molecule has 0 aliphatic carbocycles. The van der Waals surface area contributed by atoms with Gasteiger partial charge in [0.05, 0.1) is 12.8 Å². The summed E-state index contributed by atoms with van der Waals surface area (Å²) >= 11 is 0. The predicted molar refractivity (Wildman–Crippen MR) is 117 cm³/mol. The summed E-state index contributed by atoms with van der Waals surface area (Å²) in [5.41, 5.74) is 6.96. The molecule has 7 heteroatoms. The summed E-state index contributed by atoms with van der Waals surface area (Å²) in [7, 11) is 0. The minimum atomic E-state index is -0.812. The van der Waals surface area contributed by atoms with Gasteiger partial charge in [0.1, 0.15) is 5.69 Å². The second-order valence-corrected chi connectivity index (χ2v) is 7.31. The van der Waals surface area contributed by atoms with Crippen molar-refractivity contribution in [1.82, 2.24) is 20.5 Å². The fraction of sp³-hybridized carbons (Fsp3) is 0.217. The Kier molecular flexibility index (Phi) is 6.75. The Morgan fingerprint density at radius 3 is 2.43 bits per heavy atom. The zero-order valence-electron chi connectivity index (χ0n) is 17.3. The Bertz CT molecular complexity index is 1040. The highest BCUT2D eigenvalue weighted by Crippen LogP contribution is 2.22. The number of amides is 2. The molecule has 154 valence electrons. The molecule has 7 nitrogen and oxygen atoms in total. The van der Waals surface area contributed by atoms with Crippen LogP contribution in [0.3, 0.4) is 0 Å². The number of hydrazone groups is 1. The summed E-state index contributed by atoms with van der Waals surface area (Å²) in [6.07, 6.45) is 3.37. The molecule has 0 aliphatic rings. The van der Waals surface area contributed by atoms with E-state index in [2.05, 4.69) is 15.8 Å². The Hall–Kier alpha value is -3.74. The van der Waals surface area contributed by atoms with E-state index in [-0.39, 0.29) is 6.04 Å². The molecule has 2 amide bonds. The lowest BCUT2D eigenvalue weighted by Gasteiger charge is -2.06. The first-order valence-electron chi connectivity index (χ1n) is 9.74. The summed E-state index contributed by atoms with van der Waals surface area (Å²) in [6.45, 7) is 6.20. The molecule has 2 aromatic carbocycles. The van der Waals surface area contributed by atoms with Crippen LogP contribution in [0, 0.1) is 6.92 Å². The van der Waals surface area contributed by atoms with E-state index in [1.807, 2.05) is 72.4 Å². The maximum absolute atomic E-state index is 11.8. The van der Waals surface area contributed by atoms with Crippen LogP contribution >= 0.6 is 0 Å². The van der Waals surface area contributed by atoms with Crippen LogP contribution < -0.4 is 10.7 Å². The summed E-state index contributed by atoms with van der Waals surface area (Å²) in [6, 6.07) is 17.9. The van der Waals surface area contributed by atoms with Gasteiger partial charge >= 0.3 is 11.8 Å². The summed E-state index contributed by atoms with van der Waals surface area (Å²) in [5.74, 6) is -1.53. The number of carbonyl (C=O) groups excluding carboxylic acids is 2. The molecular weight excluding hydrogens is 378 g/mol. The second-order valence-electron chi connectivity index (χ2n) is 7.31. The number of hydrogen-bond donors (Lipinski definition) is 2. The van der Waals surface area contributed by atoms with E-state index >= 15 is 0 Å². The van der Waals surface area contributed by atoms with Crippen LogP contribution in [0.4, 0.5) is 0 Å². The van der Waals surface area contributed by atoms with Gasteiger partial charge in [0.2, 0.25) is 0 Å². The van der Waals surface area contributed by atoms with Gasteiger partial charge in [-0.05, 0) is 26.3 Å². The molecular formula is C23H25N5O2. The molecule has 0 spiro atoms. The minimum absolute atomic E-state index is 0.128. The molecule has 3 rings (SSSR count). The molecule has 0 saturated heterocycles. The number of nitrogens with one attached hydrogen (secondary N) is 2. The number of rotatable bonds is 6. The molecule has 1 heterocycles. The Balaban J connectivity index is 1.83. The first-order chi connectivity index (χ1) is 14.4. The standard InChI is InChI=1S/C23H25N5O2/c1-16(2)25-22(29)23(30)26-24-13-20-15-28(14-18-7-5-4-6-8-18)27-21(20)19-11-9-17(3)10-12-19/h4-13,15-16H,14H2,1-3H3,(H,25,29)(H,26,30)/b24-13-. The highest BCUT2D eigenvalue weighted by atomic mass is 16.2. The third-order valence-electron chi connectivity index (χ3n) is 4.30. The van der Waals surface area contributed by atoms with E-state index in [0.29, 0.717) is 6.54 Å². The number of hydrogen-bond acceptors (Lipinski definition) is 4. The molecule has 0 atom stereocenters. The summed E-state index contributed by atoms with van der Waals surface area (Å²) < 4.78 is 1.83. The maximum atomic E-state index is 11.8. The van der Waals surface area contributed by atoms with Crippen molar-refractivity contribution < 1.29 is 9.59 Å². The van der Waals surface area contributed by atoms with Crippen LogP contribution in [0.15, 0.2) is 65.9 Å². The molecule has 3 aromatic rings. The molecule has 0 saturated carbocycles. The van der Waals surface area contributed by atoms with Crippen molar-refractivity contribution in [2.24, 2.45) is 5.10 Å². The van der Waals surface area contributed by atoms with Gasteiger partial charge in [-0.1, -0.05) is 60.2 Å². The Morgan fingerprint density at radius 2 is 1.77 bits per heavy atom. The molecule has 0 fully saturated rings. The summed E-state index contributed by atoms with van der Waals surface area (Å²) in [5, 5.41) is 11.2. The monoisotopic (exact) mass is 403 g/mol. The van der Waals surface area contributed by atoms with Crippen LogP contribution in [0.5, 0.6) is 0 Å². The lowest BCUT2D eigenvalue weighted by molar-refractivity contribution is -0.139. The molecule has 1 aromatic heterocycles.